The molecule has 35 heavy (non-hydrogen) atoms. The van der Waals surface area contributed by atoms with Crippen LogP contribution in [0.4, 0.5) is 0 Å². The molecule has 1 heterocycles. The van der Waals surface area contributed by atoms with Gasteiger partial charge in [0.2, 0.25) is 0 Å². The number of esters is 4. The van der Waals surface area contributed by atoms with Crippen LogP contribution >= 0.6 is 0 Å². The summed E-state index contributed by atoms with van der Waals surface area (Å²) < 4.78 is 23.6. The van der Waals surface area contributed by atoms with E-state index >= 15 is 0 Å². The predicted octanol–water partition coefficient (Wildman–Crippen LogP) is 3.84. The fourth-order valence-electron chi connectivity index (χ4n) is 5.73. The Balaban J connectivity index is 2.14. The first-order valence-corrected chi connectivity index (χ1v) is 12.1. The van der Waals surface area contributed by atoms with Crippen LogP contribution in [-0.4, -0.2) is 47.8 Å². The van der Waals surface area contributed by atoms with Crippen LogP contribution in [0.3, 0.4) is 0 Å². The van der Waals surface area contributed by atoms with Crippen molar-refractivity contribution in [3.05, 3.63) is 34.9 Å². The van der Waals surface area contributed by atoms with Crippen molar-refractivity contribution in [2.45, 2.75) is 85.7 Å². The molecule has 3 rings (SSSR count). The van der Waals surface area contributed by atoms with E-state index in [1.165, 1.54) is 6.92 Å². The van der Waals surface area contributed by atoms with E-state index in [1.54, 1.807) is 53.7 Å². The number of rotatable bonds is 5. The number of ether oxygens (including phenoxy) is 4. The summed E-state index contributed by atoms with van der Waals surface area (Å²) in [4.78, 5) is 50.5. The summed E-state index contributed by atoms with van der Waals surface area (Å²) >= 11 is 0. The summed E-state index contributed by atoms with van der Waals surface area (Å²) in [6, 6.07) is 0. The standard InChI is InChI=1S/C27H36O8/c1-9-13(3)24(29)33-18-11-15(5)20-22(18)27(8,35-25(30)14(4)10-2)12-19(32-17(7)28)21-16(6)26(31)34-23(20)21/h9-11,16,18-23H,12H2,1-8H3. The van der Waals surface area contributed by atoms with Crippen molar-refractivity contribution in [3.63, 3.8) is 0 Å². The lowest BCUT2D eigenvalue weighted by atomic mass is 9.75. The third-order valence-corrected chi connectivity index (χ3v) is 7.77. The molecule has 192 valence electrons. The Morgan fingerprint density at radius 3 is 2.23 bits per heavy atom. The maximum Gasteiger partial charge on any atom is 0.333 e. The van der Waals surface area contributed by atoms with Crippen LogP contribution in [0.1, 0.15) is 61.8 Å². The highest BCUT2D eigenvalue weighted by atomic mass is 16.6. The van der Waals surface area contributed by atoms with Crippen molar-refractivity contribution in [2.75, 3.05) is 0 Å². The molecule has 0 aromatic heterocycles. The fourth-order valence-corrected chi connectivity index (χ4v) is 5.73. The van der Waals surface area contributed by atoms with E-state index in [2.05, 4.69) is 0 Å². The van der Waals surface area contributed by atoms with Gasteiger partial charge in [-0.05, 0) is 47.6 Å². The van der Waals surface area contributed by atoms with Gasteiger partial charge in [0.1, 0.15) is 23.9 Å². The minimum absolute atomic E-state index is 0.135. The van der Waals surface area contributed by atoms with E-state index in [9.17, 15) is 19.2 Å². The predicted molar refractivity (Wildman–Crippen MR) is 127 cm³/mol. The third-order valence-electron chi connectivity index (χ3n) is 7.77. The van der Waals surface area contributed by atoms with E-state index in [0.29, 0.717) is 11.1 Å². The van der Waals surface area contributed by atoms with Gasteiger partial charge < -0.3 is 18.9 Å². The summed E-state index contributed by atoms with van der Waals surface area (Å²) in [5.41, 5.74) is 0.563. The van der Waals surface area contributed by atoms with Crippen LogP contribution in [0.2, 0.25) is 0 Å². The van der Waals surface area contributed by atoms with Crippen molar-refractivity contribution in [3.8, 4) is 0 Å². The minimum atomic E-state index is -1.19. The smallest absolute Gasteiger partial charge is 0.333 e. The average Bonchev–Trinajstić information content (AvgIpc) is 3.23. The lowest BCUT2D eigenvalue weighted by Crippen LogP contribution is -2.49. The van der Waals surface area contributed by atoms with Crippen molar-refractivity contribution in [1.29, 1.82) is 0 Å². The van der Waals surface area contributed by atoms with Crippen LogP contribution < -0.4 is 0 Å². The van der Waals surface area contributed by atoms with Crippen molar-refractivity contribution in [1.82, 2.24) is 0 Å². The van der Waals surface area contributed by atoms with Crippen LogP contribution in [0.5, 0.6) is 0 Å². The maximum absolute atomic E-state index is 13.0. The maximum atomic E-state index is 13.0. The Morgan fingerprint density at radius 1 is 1.06 bits per heavy atom. The van der Waals surface area contributed by atoms with Crippen LogP contribution in [0.15, 0.2) is 34.9 Å². The summed E-state index contributed by atoms with van der Waals surface area (Å²) in [6.45, 7) is 13.6. The topological polar surface area (TPSA) is 105 Å². The van der Waals surface area contributed by atoms with E-state index in [1.807, 2.05) is 13.0 Å². The summed E-state index contributed by atoms with van der Waals surface area (Å²) in [7, 11) is 0. The molecule has 0 radical (unpaired) electrons. The zero-order valence-electron chi connectivity index (χ0n) is 21.7. The van der Waals surface area contributed by atoms with Crippen LogP contribution in [-0.2, 0) is 38.1 Å². The van der Waals surface area contributed by atoms with E-state index < -0.39 is 59.6 Å². The molecule has 0 aromatic rings. The number of fused-ring (bicyclic) bond motifs is 3. The Hall–Kier alpha value is -2.90. The molecule has 0 amide bonds. The molecule has 1 saturated heterocycles. The third kappa shape index (κ3) is 4.93. The molecule has 0 spiro atoms. The molecular weight excluding hydrogens is 452 g/mol. The minimum Gasteiger partial charge on any atom is -0.462 e. The molecule has 8 atom stereocenters. The molecule has 0 N–H and O–H groups in total. The van der Waals surface area contributed by atoms with Crippen molar-refractivity contribution in [2.24, 2.45) is 23.7 Å². The molecule has 8 heteroatoms. The summed E-state index contributed by atoms with van der Waals surface area (Å²) in [5, 5.41) is 0. The van der Waals surface area contributed by atoms with Gasteiger partial charge in [0.05, 0.1) is 5.92 Å². The van der Waals surface area contributed by atoms with Gasteiger partial charge in [-0.2, -0.15) is 0 Å². The van der Waals surface area contributed by atoms with Crippen molar-refractivity contribution < 1.29 is 38.1 Å². The highest BCUT2D eigenvalue weighted by molar-refractivity contribution is 5.88. The van der Waals surface area contributed by atoms with Gasteiger partial charge in [-0.3, -0.25) is 9.59 Å². The van der Waals surface area contributed by atoms with E-state index in [-0.39, 0.29) is 18.3 Å². The zero-order valence-corrected chi connectivity index (χ0v) is 21.7. The van der Waals surface area contributed by atoms with E-state index in [0.717, 1.165) is 5.57 Å². The number of hydrogen-bond acceptors (Lipinski definition) is 8. The highest BCUT2D eigenvalue weighted by Crippen LogP contribution is 2.55. The quantitative estimate of drug-likeness (QED) is 0.249. The monoisotopic (exact) mass is 488 g/mol. The molecular formula is C27H36O8. The van der Waals surface area contributed by atoms with Gasteiger partial charge in [-0.25, -0.2) is 9.59 Å². The number of allylic oxidation sites excluding steroid dienone is 2. The molecule has 0 aromatic carbocycles. The van der Waals surface area contributed by atoms with E-state index in [4.69, 9.17) is 18.9 Å². The van der Waals surface area contributed by atoms with Gasteiger partial charge in [0, 0.05) is 42.2 Å². The van der Waals surface area contributed by atoms with Gasteiger partial charge in [0.25, 0.3) is 0 Å². The lowest BCUT2D eigenvalue weighted by molar-refractivity contribution is -0.177. The second kappa shape index (κ2) is 9.99. The SMILES string of the molecule is CC=C(C)C(=O)OC1C=C(C)C2C3OC(=O)C(C)C3C(OC(C)=O)CC(C)(OC(=O)C(C)=CC)C12. The second-order valence-corrected chi connectivity index (χ2v) is 10.1. The molecule has 1 saturated carbocycles. The first-order valence-electron chi connectivity index (χ1n) is 12.1. The molecule has 0 bridgehead atoms. The normalized spacial score (nSPS) is 36.9. The molecule has 2 aliphatic carbocycles. The largest absolute Gasteiger partial charge is 0.462 e. The zero-order chi connectivity index (χ0) is 26.2. The van der Waals surface area contributed by atoms with Gasteiger partial charge in [-0.15, -0.1) is 0 Å². The first kappa shape index (κ1) is 26.7. The van der Waals surface area contributed by atoms with Crippen LogP contribution in [0, 0.1) is 23.7 Å². The first-order chi connectivity index (χ1) is 16.3. The van der Waals surface area contributed by atoms with Crippen molar-refractivity contribution >= 4 is 23.9 Å². The Morgan fingerprint density at radius 2 is 1.66 bits per heavy atom. The molecule has 8 unspecified atom stereocenters. The van der Waals surface area contributed by atoms with Crippen LogP contribution in [0.25, 0.3) is 0 Å². The average molecular weight is 489 g/mol. The number of carbonyl (C=O) groups excluding carboxylic acids is 4. The van der Waals surface area contributed by atoms with Gasteiger partial charge in [-0.1, -0.05) is 24.6 Å². The summed E-state index contributed by atoms with van der Waals surface area (Å²) in [6.07, 6.45) is 3.25. The molecule has 8 nitrogen and oxygen atoms in total. The Kier molecular flexibility index (Phi) is 7.62. The Bertz CT molecular complexity index is 1000. The fraction of sp³-hybridized carbons (Fsp3) is 0.630. The molecule has 2 fully saturated rings. The number of carbonyl (C=O) groups is 4. The summed E-state index contributed by atoms with van der Waals surface area (Å²) in [5.74, 6) is -3.72. The molecule has 1 aliphatic heterocycles. The lowest BCUT2D eigenvalue weighted by Gasteiger charge is -2.41. The molecule has 3 aliphatic rings. The second-order valence-electron chi connectivity index (χ2n) is 10.1. The highest BCUT2D eigenvalue weighted by Gasteiger charge is 2.64. The van der Waals surface area contributed by atoms with Gasteiger partial charge in [0.15, 0.2) is 0 Å². The van der Waals surface area contributed by atoms with Gasteiger partial charge >= 0.3 is 23.9 Å². The number of hydrogen-bond donors (Lipinski definition) is 0. The Labute approximate surface area is 206 Å².